The molecule has 0 unspecified atom stereocenters. The van der Waals surface area contributed by atoms with Crippen molar-refractivity contribution in [2.45, 2.75) is 0 Å². The molecule has 0 bridgehead atoms. The molecule has 0 N–H and O–H groups in total. The van der Waals surface area contributed by atoms with Gasteiger partial charge in [0.05, 0.1) is 24.7 Å². The molecule has 116 valence electrons. The Balaban J connectivity index is 2.17. The van der Waals surface area contributed by atoms with E-state index in [1.54, 1.807) is 7.11 Å². The van der Waals surface area contributed by atoms with Gasteiger partial charge < -0.3 is 9.47 Å². The quantitative estimate of drug-likeness (QED) is 0.672. The molecule has 0 aliphatic rings. The van der Waals surface area contributed by atoms with Gasteiger partial charge in [0.15, 0.2) is 5.69 Å². The summed E-state index contributed by atoms with van der Waals surface area (Å²) in [4.78, 5) is 17.4. The SMILES string of the molecule is COC(=O)c1nc(-c2ccccc2OC)sc1-c1ccccc1. The van der Waals surface area contributed by atoms with Gasteiger partial charge in [-0.15, -0.1) is 11.3 Å². The third kappa shape index (κ3) is 2.96. The van der Waals surface area contributed by atoms with E-state index in [4.69, 9.17) is 9.47 Å². The van der Waals surface area contributed by atoms with E-state index in [1.807, 2.05) is 54.6 Å². The molecule has 0 saturated heterocycles. The van der Waals surface area contributed by atoms with Gasteiger partial charge in [0.25, 0.3) is 0 Å². The summed E-state index contributed by atoms with van der Waals surface area (Å²) in [5.74, 6) is 0.276. The van der Waals surface area contributed by atoms with Crippen molar-refractivity contribution in [3.63, 3.8) is 0 Å². The first-order valence-corrected chi connectivity index (χ1v) is 7.84. The van der Waals surface area contributed by atoms with Gasteiger partial charge in [-0.3, -0.25) is 0 Å². The van der Waals surface area contributed by atoms with Gasteiger partial charge in [0, 0.05) is 0 Å². The predicted octanol–water partition coefficient (Wildman–Crippen LogP) is 4.27. The summed E-state index contributed by atoms with van der Waals surface area (Å²) in [6, 6.07) is 17.3. The van der Waals surface area contributed by atoms with Gasteiger partial charge in [0.1, 0.15) is 10.8 Å². The van der Waals surface area contributed by atoms with Crippen LogP contribution in [0.5, 0.6) is 5.75 Å². The minimum absolute atomic E-state index is 0.324. The number of hydrogen-bond donors (Lipinski definition) is 0. The number of para-hydroxylation sites is 1. The van der Waals surface area contributed by atoms with E-state index >= 15 is 0 Å². The minimum Gasteiger partial charge on any atom is -0.496 e. The van der Waals surface area contributed by atoms with Gasteiger partial charge in [-0.25, -0.2) is 9.78 Å². The first kappa shape index (κ1) is 15.2. The van der Waals surface area contributed by atoms with Crippen LogP contribution in [0.15, 0.2) is 54.6 Å². The first-order chi connectivity index (χ1) is 11.2. The van der Waals surface area contributed by atoms with Crippen molar-refractivity contribution >= 4 is 17.3 Å². The number of nitrogens with zero attached hydrogens (tertiary/aromatic N) is 1. The molecule has 1 aromatic heterocycles. The normalized spacial score (nSPS) is 10.3. The van der Waals surface area contributed by atoms with Crippen molar-refractivity contribution in [3.8, 4) is 26.8 Å². The maximum atomic E-state index is 12.1. The number of esters is 1. The van der Waals surface area contributed by atoms with E-state index in [0.29, 0.717) is 5.69 Å². The van der Waals surface area contributed by atoms with Gasteiger partial charge in [-0.05, 0) is 17.7 Å². The van der Waals surface area contributed by atoms with Crippen molar-refractivity contribution < 1.29 is 14.3 Å². The highest BCUT2D eigenvalue weighted by atomic mass is 32.1. The van der Waals surface area contributed by atoms with Crippen LogP contribution in [0.1, 0.15) is 10.5 Å². The third-order valence-corrected chi connectivity index (χ3v) is 4.52. The molecule has 0 spiro atoms. The molecule has 1 heterocycles. The van der Waals surface area contributed by atoms with Crippen molar-refractivity contribution in [2.75, 3.05) is 14.2 Å². The Morgan fingerprint density at radius 2 is 1.70 bits per heavy atom. The highest BCUT2D eigenvalue weighted by Gasteiger charge is 2.22. The molecule has 0 atom stereocenters. The van der Waals surface area contributed by atoms with Crippen LogP contribution in [0.4, 0.5) is 0 Å². The lowest BCUT2D eigenvalue weighted by Gasteiger charge is -2.04. The highest BCUT2D eigenvalue weighted by Crippen LogP contribution is 2.39. The summed E-state index contributed by atoms with van der Waals surface area (Å²) in [6.45, 7) is 0. The van der Waals surface area contributed by atoms with Crippen molar-refractivity contribution in [3.05, 3.63) is 60.3 Å². The molecule has 0 fully saturated rings. The van der Waals surface area contributed by atoms with E-state index in [9.17, 15) is 4.79 Å². The molecular formula is C18H15NO3S. The predicted molar refractivity (Wildman–Crippen MR) is 90.9 cm³/mol. The Morgan fingerprint density at radius 3 is 2.39 bits per heavy atom. The Hall–Kier alpha value is -2.66. The maximum Gasteiger partial charge on any atom is 0.358 e. The number of thiazole rings is 1. The van der Waals surface area contributed by atoms with Crippen LogP contribution >= 0.6 is 11.3 Å². The molecule has 3 aromatic rings. The van der Waals surface area contributed by atoms with E-state index in [-0.39, 0.29) is 0 Å². The second-order valence-electron chi connectivity index (χ2n) is 4.75. The number of aromatic nitrogens is 1. The fourth-order valence-corrected chi connectivity index (χ4v) is 3.37. The van der Waals surface area contributed by atoms with Gasteiger partial charge in [-0.2, -0.15) is 0 Å². The number of benzene rings is 2. The van der Waals surface area contributed by atoms with Crippen LogP contribution in [0.3, 0.4) is 0 Å². The average Bonchev–Trinajstić information content (AvgIpc) is 3.07. The highest BCUT2D eigenvalue weighted by molar-refractivity contribution is 7.18. The molecule has 3 rings (SSSR count). The van der Waals surface area contributed by atoms with Crippen LogP contribution in [-0.2, 0) is 4.74 Å². The number of rotatable bonds is 4. The molecule has 0 radical (unpaired) electrons. The molecule has 0 aliphatic carbocycles. The molecule has 0 saturated carbocycles. The zero-order chi connectivity index (χ0) is 16.2. The number of hydrogen-bond acceptors (Lipinski definition) is 5. The number of carbonyl (C=O) groups excluding carboxylic acids is 1. The second kappa shape index (κ2) is 6.62. The van der Waals surface area contributed by atoms with Gasteiger partial charge in [-0.1, -0.05) is 42.5 Å². The number of ether oxygens (including phenoxy) is 2. The topological polar surface area (TPSA) is 48.4 Å². The number of methoxy groups -OCH3 is 2. The summed E-state index contributed by atoms with van der Waals surface area (Å²) in [5, 5.41) is 0.724. The van der Waals surface area contributed by atoms with E-state index in [2.05, 4.69) is 4.98 Å². The molecule has 5 heteroatoms. The van der Waals surface area contributed by atoms with Gasteiger partial charge in [0.2, 0.25) is 0 Å². The fourth-order valence-electron chi connectivity index (χ4n) is 2.28. The Morgan fingerprint density at radius 1 is 1.00 bits per heavy atom. The Labute approximate surface area is 138 Å². The van der Waals surface area contributed by atoms with Crippen molar-refractivity contribution in [2.24, 2.45) is 0 Å². The third-order valence-electron chi connectivity index (χ3n) is 3.38. The van der Waals surface area contributed by atoms with Crippen molar-refractivity contribution in [1.29, 1.82) is 0 Å². The second-order valence-corrected chi connectivity index (χ2v) is 5.75. The van der Waals surface area contributed by atoms with Crippen LogP contribution in [0.2, 0.25) is 0 Å². The standard InChI is InChI=1S/C18H15NO3S/c1-21-14-11-7-6-10-13(14)17-19-15(18(20)22-2)16(23-17)12-8-4-3-5-9-12/h3-11H,1-2H3. The first-order valence-electron chi connectivity index (χ1n) is 7.02. The summed E-state index contributed by atoms with van der Waals surface area (Å²) in [7, 11) is 2.98. The lowest BCUT2D eigenvalue weighted by atomic mass is 10.1. The lowest BCUT2D eigenvalue weighted by molar-refractivity contribution is 0.0596. The lowest BCUT2D eigenvalue weighted by Crippen LogP contribution is -2.03. The monoisotopic (exact) mass is 325 g/mol. The largest absolute Gasteiger partial charge is 0.496 e. The average molecular weight is 325 g/mol. The summed E-state index contributed by atoms with van der Waals surface area (Å²) in [6.07, 6.45) is 0. The van der Waals surface area contributed by atoms with Gasteiger partial charge >= 0.3 is 5.97 Å². The van der Waals surface area contributed by atoms with E-state index in [0.717, 1.165) is 26.8 Å². The van der Waals surface area contributed by atoms with Crippen LogP contribution < -0.4 is 4.74 Å². The molecule has 2 aromatic carbocycles. The van der Waals surface area contributed by atoms with E-state index in [1.165, 1.54) is 18.4 Å². The van der Waals surface area contributed by atoms with Crippen molar-refractivity contribution in [1.82, 2.24) is 4.98 Å². The Bertz CT molecular complexity index is 827. The maximum absolute atomic E-state index is 12.1. The molecule has 23 heavy (non-hydrogen) atoms. The van der Waals surface area contributed by atoms with Crippen LogP contribution in [0.25, 0.3) is 21.0 Å². The number of carbonyl (C=O) groups is 1. The summed E-state index contributed by atoms with van der Waals surface area (Å²) in [5.41, 5.74) is 2.11. The minimum atomic E-state index is -0.443. The zero-order valence-electron chi connectivity index (χ0n) is 12.8. The Kier molecular flexibility index (Phi) is 4.39. The van der Waals surface area contributed by atoms with E-state index < -0.39 is 5.97 Å². The smallest absolute Gasteiger partial charge is 0.358 e. The van der Waals surface area contributed by atoms with Crippen LogP contribution in [-0.4, -0.2) is 25.2 Å². The molecule has 0 aliphatic heterocycles. The molecule has 4 nitrogen and oxygen atoms in total. The van der Waals surface area contributed by atoms with Crippen LogP contribution in [0, 0.1) is 0 Å². The molecular weight excluding hydrogens is 310 g/mol. The summed E-state index contributed by atoms with van der Waals surface area (Å²) < 4.78 is 10.3. The fraction of sp³-hybridized carbons (Fsp3) is 0.111. The summed E-state index contributed by atoms with van der Waals surface area (Å²) >= 11 is 1.45. The zero-order valence-corrected chi connectivity index (χ0v) is 13.6. The molecule has 0 amide bonds.